The topological polar surface area (TPSA) is 32.3 Å². The molecular weight excluding hydrogens is 145 g/mol. The van der Waals surface area contributed by atoms with Crippen molar-refractivity contribution in [3.05, 3.63) is 0 Å². The highest BCUT2D eigenvalue weighted by atomic mass is 19.1. The van der Waals surface area contributed by atoms with Gasteiger partial charge in [0, 0.05) is 6.54 Å². The van der Waals surface area contributed by atoms with E-state index < -0.39 is 6.17 Å². The maximum atomic E-state index is 12.5. The molecule has 3 atom stereocenters. The summed E-state index contributed by atoms with van der Waals surface area (Å²) in [4.78, 5) is 0. The van der Waals surface area contributed by atoms with E-state index in [0.717, 1.165) is 13.0 Å². The first-order valence-corrected chi connectivity index (χ1v) is 4.23. The molecule has 0 aromatic rings. The van der Waals surface area contributed by atoms with Crippen LogP contribution in [0.25, 0.3) is 0 Å². The van der Waals surface area contributed by atoms with Gasteiger partial charge in [-0.15, -0.1) is 0 Å². The fourth-order valence-corrected chi connectivity index (χ4v) is 1.59. The highest BCUT2D eigenvalue weighted by molar-refractivity contribution is 4.78. The van der Waals surface area contributed by atoms with Gasteiger partial charge < -0.3 is 10.4 Å². The molecule has 3 heteroatoms. The van der Waals surface area contributed by atoms with E-state index in [0.29, 0.717) is 13.0 Å². The fourth-order valence-electron chi connectivity index (χ4n) is 1.59. The summed E-state index contributed by atoms with van der Waals surface area (Å²) in [6, 6.07) is 0. The molecule has 0 aliphatic carbocycles. The van der Waals surface area contributed by atoms with Gasteiger partial charge in [-0.25, -0.2) is 4.39 Å². The fraction of sp³-hybridized carbons (Fsp3) is 1.00. The highest BCUT2D eigenvalue weighted by Gasteiger charge is 2.23. The van der Waals surface area contributed by atoms with Crippen molar-refractivity contribution in [3.8, 4) is 0 Å². The predicted molar refractivity (Wildman–Crippen MR) is 42.2 cm³/mol. The van der Waals surface area contributed by atoms with E-state index in [9.17, 15) is 9.50 Å². The minimum absolute atomic E-state index is 0.163. The molecule has 0 aromatic carbocycles. The average Bonchev–Trinajstić information content (AvgIpc) is 1.93. The van der Waals surface area contributed by atoms with Crippen LogP contribution in [0.5, 0.6) is 0 Å². The smallest absolute Gasteiger partial charge is 0.0977 e. The molecule has 1 aliphatic rings. The Morgan fingerprint density at radius 3 is 3.00 bits per heavy atom. The van der Waals surface area contributed by atoms with Gasteiger partial charge in [-0.2, -0.15) is 0 Å². The van der Waals surface area contributed by atoms with Crippen LogP contribution in [0.2, 0.25) is 0 Å². The molecule has 0 amide bonds. The van der Waals surface area contributed by atoms with Crippen LogP contribution in [0.3, 0.4) is 0 Å². The minimum Gasteiger partial charge on any atom is -0.392 e. The molecule has 0 spiro atoms. The molecule has 2 nitrogen and oxygen atoms in total. The van der Waals surface area contributed by atoms with E-state index in [1.165, 1.54) is 0 Å². The van der Waals surface area contributed by atoms with Crippen molar-refractivity contribution in [1.82, 2.24) is 5.32 Å². The number of alkyl halides is 1. The molecule has 66 valence electrons. The minimum atomic E-state index is -0.784. The van der Waals surface area contributed by atoms with Crippen molar-refractivity contribution < 1.29 is 9.50 Å². The van der Waals surface area contributed by atoms with Gasteiger partial charge in [0.15, 0.2) is 0 Å². The first-order valence-electron chi connectivity index (χ1n) is 4.23. The zero-order valence-corrected chi connectivity index (χ0v) is 6.89. The van der Waals surface area contributed by atoms with Gasteiger partial charge in [-0.05, 0) is 32.2 Å². The van der Waals surface area contributed by atoms with Crippen molar-refractivity contribution in [2.45, 2.75) is 32.0 Å². The normalized spacial score (nSPS) is 35.2. The third-order valence-electron chi connectivity index (χ3n) is 2.22. The van der Waals surface area contributed by atoms with Gasteiger partial charge in [0.2, 0.25) is 0 Å². The van der Waals surface area contributed by atoms with Crippen LogP contribution in [-0.2, 0) is 0 Å². The number of piperidine rings is 1. The first-order chi connectivity index (χ1) is 5.20. The zero-order valence-electron chi connectivity index (χ0n) is 6.89. The molecule has 1 heterocycles. The monoisotopic (exact) mass is 161 g/mol. The highest BCUT2D eigenvalue weighted by Crippen LogP contribution is 2.19. The Balaban J connectivity index is 2.29. The molecule has 3 unspecified atom stereocenters. The number of aliphatic hydroxyl groups excluding tert-OH is 1. The van der Waals surface area contributed by atoms with Crippen molar-refractivity contribution >= 4 is 0 Å². The van der Waals surface area contributed by atoms with Crippen molar-refractivity contribution in [2.75, 3.05) is 13.1 Å². The Kier molecular flexibility index (Phi) is 3.27. The lowest BCUT2D eigenvalue weighted by atomic mass is 9.90. The number of halogens is 1. The molecule has 1 aliphatic heterocycles. The van der Waals surface area contributed by atoms with Crippen molar-refractivity contribution in [2.24, 2.45) is 5.92 Å². The van der Waals surface area contributed by atoms with Crippen molar-refractivity contribution in [1.29, 1.82) is 0 Å². The summed E-state index contributed by atoms with van der Waals surface area (Å²) in [7, 11) is 0. The Morgan fingerprint density at radius 2 is 2.45 bits per heavy atom. The molecule has 1 rings (SSSR count). The Hall–Kier alpha value is -0.150. The summed E-state index contributed by atoms with van der Waals surface area (Å²) >= 11 is 0. The van der Waals surface area contributed by atoms with E-state index in [-0.39, 0.29) is 12.0 Å². The van der Waals surface area contributed by atoms with Crippen molar-refractivity contribution in [3.63, 3.8) is 0 Å². The molecule has 0 saturated carbocycles. The van der Waals surface area contributed by atoms with E-state index in [2.05, 4.69) is 5.32 Å². The standard InChI is InChI=1S/C8H16FNO/c1-6(9)4-7-2-3-10-5-8(7)11/h6-8,10-11H,2-5H2,1H3. The molecule has 0 bridgehead atoms. The van der Waals surface area contributed by atoms with Crippen LogP contribution in [-0.4, -0.2) is 30.5 Å². The third kappa shape index (κ3) is 2.75. The third-order valence-corrected chi connectivity index (χ3v) is 2.22. The number of nitrogens with one attached hydrogen (secondary N) is 1. The SMILES string of the molecule is CC(F)CC1CCNCC1O. The second-order valence-electron chi connectivity index (χ2n) is 3.34. The van der Waals surface area contributed by atoms with Gasteiger partial charge in [-0.1, -0.05) is 0 Å². The number of β-amino-alcohol motifs (C(OH)–C–C–N with tert-alkyl or cyclic N) is 1. The number of aliphatic hydroxyl groups is 1. The Labute approximate surface area is 66.8 Å². The second kappa shape index (κ2) is 4.02. The largest absolute Gasteiger partial charge is 0.392 e. The summed E-state index contributed by atoms with van der Waals surface area (Å²) < 4.78 is 12.5. The summed E-state index contributed by atoms with van der Waals surface area (Å²) in [5, 5.41) is 12.5. The van der Waals surface area contributed by atoms with Gasteiger partial charge >= 0.3 is 0 Å². The molecular formula is C8H16FNO. The van der Waals surface area contributed by atoms with E-state index in [4.69, 9.17) is 0 Å². The van der Waals surface area contributed by atoms with Crippen LogP contribution in [0, 0.1) is 5.92 Å². The maximum Gasteiger partial charge on any atom is 0.0977 e. The van der Waals surface area contributed by atoms with Crippen LogP contribution in [0.15, 0.2) is 0 Å². The van der Waals surface area contributed by atoms with Gasteiger partial charge in [0.1, 0.15) is 0 Å². The molecule has 2 N–H and O–H groups in total. The van der Waals surface area contributed by atoms with Crippen LogP contribution < -0.4 is 5.32 Å². The molecule has 1 fully saturated rings. The van der Waals surface area contributed by atoms with Gasteiger partial charge in [-0.3, -0.25) is 0 Å². The molecule has 0 aromatic heterocycles. The van der Waals surface area contributed by atoms with E-state index in [1.807, 2.05) is 0 Å². The molecule has 0 radical (unpaired) electrons. The van der Waals surface area contributed by atoms with Crippen LogP contribution in [0.1, 0.15) is 19.8 Å². The second-order valence-corrected chi connectivity index (χ2v) is 3.34. The van der Waals surface area contributed by atoms with Crippen LogP contribution in [0.4, 0.5) is 4.39 Å². The number of hydrogen-bond donors (Lipinski definition) is 2. The lowest BCUT2D eigenvalue weighted by molar-refractivity contribution is 0.0640. The average molecular weight is 161 g/mol. The maximum absolute atomic E-state index is 12.5. The number of rotatable bonds is 2. The Bertz CT molecular complexity index is 119. The summed E-state index contributed by atoms with van der Waals surface area (Å²) in [5.41, 5.74) is 0. The molecule has 1 saturated heterocycles. The first kappa shape index (κ1) is 8.94. The van der Waals surface area contributed by atoms with Gasteiger partial charge in [0.25, 0.3) is 0 Å². The van der Waals surface area contributed by atoms with Gasteiger partial charge in [0.05, 0.1) is 12.3 Å². The summed E-state index contributed by atoms with van der Waals surface area (Å²) in [6.45, 7) is 3.08. The summed E-state index contributed by atoms with van der Waals surface area (Å²) in [6.07, 6.45) is 0.271. The summed E-state index contributed by atoms with van der Waals surface area (Å²) in [5.74, 6) is 0.163. The number of hydrogen-bond acceptors (Lipinski definition) is 2. The van der Waals surface area contributed by atoms with E-state index >= 15 is 0 Å². The zero-order chi connectivity index (χ0) is 8.27. The predicted octanol–water partition coefficient (Wildman–Crippen LogP) is 0.705. The lowest BCUT2D eigenvalue weighted by Crippen LogP contribution is -2.41. The Morgan fingerprint density at radius 1 is 1.73 bits per heavy atom. The lowest BCUT2D eigenvalue weighted by Gasteiger charge is -2.28. The quantitative estimate of drug-likeness (QED) is 0.625. The van der Waals surface area contributed by atoms with E-state index in [1.54, 1.807) is 6.92 Å². The molecule has 11 heavy (non-hydrogen) atoms. The van der Waals surface area contributed by atoms with Crippen LogP contribution >= 0.6 is 0 Å².